The number of nitro groups is 2. The lowest BCUT2D eigenvalue weighted by molar-refractivity contribution is -0.394. The van der Waals surface area contributed by atoms with Gasteiger partial charge in [0.15, 0.2) is 5.58 Å². The van der Waals surface area contributed by atoms with Crippen LogP contribution in [0, 0.1) is 27.2 Å². The van der Waals surface area contributed by atoms with E-state index in [0.29, 0.717) is 0 Å². The molecule has 2 aromatic rings. The molecule has 0 saturated heterocycles. The Labute approximate surface area is 104 Å². The minimum atomic E-state index is -1.07. The largest absolute Gasteiger partial charge is 0.497 e. The van der Waals surface area contributed by atoms with E-state index in [1.54, 1.807) is 0 Å². The Balaban J connectivity index is 3.09. The molecule has 1 heterocycles. The van der Waals surface area contributed by atoms with Gasteiger partial charge >= 0.3 is 17.0 Å². The van der Waals surface area contributed by atoms with E-state index >= 15 is 0 Å². The standard InChI is InChI=1S/C10H6N2O7/c1-4-2-7(13)19-6-3-5(11(15)16)10(14)9(8(4)6)12(17)18/h2-3,14H,1H3. The fourth-order valence-electron chi connectivity index (χ4n) is 1.79. The highest BCUT2D eigenvalue weighted by molar-refractivity contribution is 5.95. The van der Waals surface area contributed by atoms with E-state index in [1.807, 2.05) is 0 Å². The van der Waals surface area contributed by atoms with Crippen molar-refractivity contribution < 1.29 is 19.4 Å². The quantitative estimate of drug-likeness (QED) is 0.495. The zero-order valence-corrected chi connectivity index (χ0v) is 9.45. The van der Waals surface area contributed by atoms with Gasteiger partial charge in [-0.2, -0.15) is 0 Å². The first-order valence-electron chi connectivity index (χ1n) is 4.92. The smallest absolute Gasteiger partial charge is 0.336 e. The van der Waals surface area contributed by atoms with Crippen LogP contribution in [0.25, 0.3) is 11.0 Å². The number of aromatic hydroxyl groups is 1. The molecule has 0 spiro atoms. The van der Waals surface area contributed by atoms with Gasteiger partial charge in [-0.1, -0.05) is 0 Å². The molecule has 98 valence electrons. The van der Waals surface area contributed by atoms with Crippen molar-refractivity contribution in [2.24, 2.45) is 0 Å². The second-order valence-corrected chi connectivity index (χ2v) is 3.73. The highest BCUT2D eigenvalue weighted by Gasteiger charge is 2.30. The van der Waals surface area contributed by atoms with Crippen LogP contribution >= 0.6 is 0 Å². The Morgan fingerprint density at radius 3 is 2.37 bits per heavy atom. The zero-order valence-electron chi connectivity index (χ0n) is 9.45. The fourth-order valence-corrected chi connectivity index (χ4v) is 1.79. The van der Waals surface area contributed by atoms with Crippen LogP contribution in [0.1, 0.15) is 5.56 Å². The molecule has 2 rings (SSSR count). The summed E-state index contributed by atoms with van der Waals surface area (Å²) in [6.07, 6.45) is 0. The number of benzene rings is 1. The SMILES string of the molecule is Cc1cc(=O)oc2cc([N+](=O)[O-])c(O)c([N+](=O)[O-])c12. The molecule has 19 heavy (non-hydrogen) atoms. The molecule has 1 N–H and O–H groups in total. The van der Waals surface area contributed by atoms with Gasteiger partial charge in [0.25, 0.3) is 5.75 Å². The van der Waals surface area contributed by atoms with E-state index in [4.69, 9.17) is 4.42 Å². The van der Waals surface area contributed by atoms with E-state index < -0.39 is 32.6 Å². The van der Waals surface area contributed by atoms with Crippen LogP contribution in [-0.4, -0.2) is 15.0 Å². The number of hydrogen-bond acceptors (Lipinski definition) is 7. The molecule has 0 saturated carbocycles. The monoisotopic (exact) mass is 266 g/mol. The van der Waals surface area contributed by atoms with E-state index in [0.717, 1.165) is 12.1 Å². The predicted octanol–water partition coefficient (Wildman–Crippen LogP) is 1.62. The van der Waals surface area contributed by atoms with Crippen molar-refractivity contribution in [2.75, 3.05) is 0 Å². The van der Waals surface area contributed by atoms with Crippen molar-refractivity contribution in [3.8, 4) is 5.75 Å². The number of rotatable bonds is 2. The zero-order chi connectivity index (χ0) is 14.3. The third kappa shape index (κ3) is 1.86. The summed E-state index contributed by atoms with van der Waals surface area (Å²) in [5.41, 5.74) is -2.68. The van der Waals surface area contributed by atoms with Crippen LogP contribution in [0.2, 0.25) is 0 Å². The number of aryl methyl sites for hydroxylation is 1. The molecular weight excluding hydrogens is 260 g/mol. The van der Waals surface area contributed by atoms with Crippen molar-refractivity contribution >= 4 is 22.3 Å². The number of hydrogen-bond donors (Lipinski definition) is 1. The summed E-state index contributed by atoms with van der Waals surface area (Å²) >= 11 is 0. The Bertz CT molecular complexity index is 778. The molecule has 1 aromatic heterocycles. The van der Waals surface area contributed by atoms with Gasteiger partial charge in [0.2, 0.25) is 0 Å². The molecule has 1 aromatic carbocycles. The molecule has 0 bridgehead atoms. The molecule has 0 radical (unpaired) electrons. The Kier molecular flexibility index (Phi) is 2.66. The van der Waals surface area contributed by atoms with Gasteiger partial charge in [-0.05, 0) is 12.5 Å². The first kappa shape index (κ1) is 12.5. The number of nitro benzene ring substituents is 2. The van der Waals surface area contributed by atoms with Gasteiger partial charge in [-0.25, -0.2) is 4.79 Å². The first-order chi connectivity index (χ1) is 8.82. The Hall–Kier alpha value is -2.97. The Morgan fingerprint density at radius 1 is 1.21 bits per heavy atom. The molecule has 0 aliphatic heterocycles. The van der Waals surface area contributed by atoms with E-state index in [9.17, 15) is 30.1 Å². The summed E-state index contributed by atoms with van der Waals surface area (Å²) in [6.45, 7) is 1.40. The molecule has 0 aliphatic rings. The van der Waals surface area contributed by atoms with Gasteiger partial charge in [-0.3, -0.25) is 20.2 Å². The summed E-state index contributed by atoms with van der Waals surface area (Å²) in [5.74, 6) is -1.07. The summed E-state index contributed by atoms with van der Waals surface area (Å²) in [6, 6.07) is 1.78. The summed E-state index contributed by atoms with van der Waals surface area (Å²) < 4.78 is 4.70. The lowest BCUT2D eigenvalue weighted by atomic mass is 10.1. The van der Waals surface area contributed by atoms with Crippen molar-refractivity contribution in [3.63, 3.8) is 0 Å². The van der Waals surface area contributed by atoms with Crippen LogP contribution in [0.4, 0.5) is 11.4 Å². The molecule has 9 nitrogen and oxygen atoms in total. The van der Waals surface area contributed by atoms with E-state index in [2.05, 4.69) is 0 Å². The third-order valence-corrected chi connectivity index (χ3v) is 2.54. The minimum Gasteiger partial charge on any atom is -0.497 e. The molecule has 9 heteroatoms. The van der Waals surface area contributed by atoms with Crippen molar-refractivity contribution in [1.82, 2.24) is 0 Å². The highest BCUT2D eigenvalue weighted by atomic mass is 16.6. The summed E-state index contributed by atoms with van der Waals surface area (Å²) in [4.78, 5) is 30.9. The second kappa shape index (κ2) is 4.05. The van der Waals surface area contributed by atoms with Crippen molar-refractivity contribution in [3.05, 3.63) is 48.3 Å². The van der Waals surface area contributed by atoms with Gasteiger partial charge in [0, 0.05) is 6.07 Å². The maximum Gasteiger partial charge on any atom is 0.336 e. The first-order valence-corrected chi connectivity index (χ1v) is 4.92. The number of fused-ring (bicyclic) bond motifs is 1. The van der Waals surface area contributed by atoms with Crippen LogP contribution < -0.4 is 5.63 Å². The van der Waals surface area contributed by atoms with Gasteiger partial charge in [0.1, 0.15) is 5.39 Å². The van der Waals surface area contributed by atoms with Crippen molar-refractivity contribution in [1.29, 1.82) is 0 Å². The summed E-state index contributed by atoms with van der Waals surface area (Å²) in [7, 11) is 0. The fraction of sp³-hybridized carbons (Fsp3) is 0.100. The van der Waals surface area contributed by atoms with Crippen LogP contribution in [0.5, 0.6) is 5.75 Å². The Morgan fingerprint density at radius 2 is 1.84 bits per heavy atom. The molecule has 0 unspecified atom stereocenters. The maximum absolute atomic E-state index is 11.2. The molecule has 0 atom stereocenters. The lowest BCUT2D eigenvalue weighted by Gasteiger charge is -2.04. The van der Waals surface area contributed by atoms with Gasteiger partial charge < -0.3 is 9.52 Å². The molecule has 0 amide bonds. The predicted molar refractivity (Wildman–Crippen MR) is 62.2 cm³/mol. The molecule has 0 fully saturated rings. The van der Waals surface area contributed by atoms with Crippen LogP contribution in [0.15, 0.2) is 21.3 Å². The number of phenols is 1. The average Bonchev–Trinajstić information content (AvgIpc) is 2.28. The second-order valence-electron chi connectivity index (χ2n) is 3.73. The highest BCUT2D eigenvalue weighted by Crippen LogP contribution is 2.42. The van der Waals surface area contributed by atoms with Crippen molar-refractivity contribution in [2.45, 2.75) is 6.92 Å². The van der Waals surface area contributed by atoms with Crippen LogP contribution in [0.3, 0.4) is 0 Å². The topological polar surface area (TPSA) is 137 Å². The number of nitrogens with zero attached hydrogens (tertiary/aromatic N) is 2. The summed E-state index contributed by atoms with van der Waals surface area (Å²) in [5, 5.41) is 31.1. The third-order valence-electron chi connectivity index (χ3n) is 2.54. The van der Waals surface area contributed by atoms with Gasteiger partial charge in [0.05, 0.1) is 15.9 Å². The van der Waals surface area contributed by atoms with Gasteiger partial charge in [-0.15, -0.1) is 0 Å². The van der Waals surface area contributed by atoms with Crippen LogP contribution in [-0.2, 0) is 0 Å². The number of phenolic OH excluding ortho intramolecular Hbond substituents is 1. The van der Waals surface area contributed by atoms with E-state index in [1.165, 1.54) is 6.92 Å². The molecular formula is C10H6N2O7. The van der Waals surface area contributed by atoms with E-state index in [-0.39, 0.29) is 16.5 Å². The lowest BCUT2D eigenvalue weighted by Crippen LogP contribution is -2.02. The normalized spacial score (nSPS) is 10.6. The molecule has 0 aliphatic carbocycles. The minimum absolute atomic E-state index is 0.146. The maximum atomic E-state index is 11.2. The average molecular weight is 266 g/mol.